The minimum Gasteiger partial charge on any atom is -0.493 e. The molecule has 0 saturated heterocycles. The number of methoxy groups -OCH3 is 1. The van der Waals surface area contributed by atoms with Crippen molar-refractivity contribution in [2.45, 2.75) is 29.6 Å². The van der Waals surface area contributed by atoms with Crippen molar-refractivity contribution >= 4 is 57.2 Å². The zero-order chi connectivity index (χ0) is 23.2. The summed E-state index contributed by atoms with van der Waals surface area (Å²) in [6.45, 7) is 1.35. The number of benzene rings is 2. The van der Waals surface area contributed by atoms with Crippen molar-refractivity contribution in [1.29, 1.82) is 0 Å². The number of aromatic nitrogens is 1. The highest BCUT2D eigenvalue weighted by Crippen LogP contribution is 2.48. The van der Waals surface area contributed by atoms with Crippen molar-refractivity contribution in [2.75, 3.05) is 26.4 Å². The molecular weight excluding hydrogens is 508 g/mol. The molecule has 0 spiro atoms. The Morgan fingerprint density at radius 3 is 2.58 bits per heavy atom. The van der Waals surface area contributed by atoms with E-state index in [1.54, 1.807) is 7.11 Å². The van der Waals surface area contributed by atoms with Crippen LogP contribution in [0.2, 0.25) is 0 Å². The van der Waals surface area contributed by atoms with Crippen LogP contribution in [-0.4, -0.2) is 26.4 Å². The van der Waals surface area contributed by atoms with Gasteiger partial charge in [0, 0.05) is 18.4 Å². The molecule has 33 heavy (non-hydrogen) atoms. The van der Waals surface area contributed by atoms with E-state index in [-0.39, 0.29) is 6.79 Å². The molecule has 0 N–H and O–H groups in total. The number of fused-ring (bicyclic) bond motifs is 5. The van der Waals surface area contributed by atoms with Crippen molar-refractivity contribution in [3.05, 3.63) is 41.6 Å². The van der Waals surface area contributed by atoms with E-state index in [0.717, 1.165) is 52.8 Å². The summed E-state index contributed by atoms with van der Waals surface area (Å²) >= 11 is 25.6. The first-order valence-corrected chi connectivity index (χ1v) is 12.4. The molecule has 0 saturated carbocycles. The lowest BCUT2D eigenvalue weighted by Crippen LogP contribution is -2.46. The molecule has 0 atom stereocenters. The lowest BCUT2D eigenvalue weighted by molar-refractivity contribution is -0.693. The van der Waals surface area contributed by atoms with Gasteiger partial charge in [0.25, 0.3) is 3.79 Å². The zero-order valence-corrected chi connectivity index (χ0v) is 21.0. The second-order valence-electron chi connectivity index (χ2n) is 7.95. The monoisotopic (exact) mass is 528 g/mol. The van der Waals surface area contributed by atoms with Gasteiger partial charge in [-0.3, -0.25) is 0 Å². The molecular formula is C24H22Cl4NO4+. The number of rotatable bonds is 6. The Kier molecular flexibility index (Phi) is 6.34. The molecule has 2 aromatic carbocycles. The largest absolute Gasteiger partial charge is 0.493 e. The highest BCUT2D eigenvalue weighted by Gasteiger charge is 2.42. The van der Waals surface area contributed by atoms with Crippen molar-refractivity contribution in [1.82, 2.24) is 0 Å². The average Bonchev–Trinajstić information content (AvgIpc) is 3.25. The van der Waals surface area contributed by atoms with E-state index in [1.807, 2.05) is 24.3 Å². The summed E-state index contributed by atoms with van der Waals surface area (Å²) in [4.78, 5) is 0. The van der Waals surface area contributed by atoms with Gasteiger partial charge in [-0.2, -0.15) is 4.57 Å². The summed E-state index contributed by atoms with van der Waals surface area (Å²) in [6, 6.07) is 9.98. The van der Waals surface area contributed by atoms with Crippen LogP contribution < -0.4 is 23.5 Å². The van der Waals surface area contributed by atoms with Gasteiger partial charge in [0.2, 0.25) is 18.2 Å². The molecule has 1 aromatic heterocycles. The first-order chi connectivity index (χ1) is 15.9. The molecule has 0 radical (unpaired) electrons. The maximum absolute atomic E-state index is 6.60. The number of hydrogen-bond donors (Lipinski definition) is 0. The Labute approximate surface area is 212 Å². The first-order valence-electron chi connectivity index (χ1n) is 10.7. The Morgan fingerprint density at radius 1 is 1.06 bits per heavy atom. The van der Waals surface area contributed by atoms with Crippen LogP contribution in [0.1, 0.15) is 24.1 Å². The third-order valence-electron chi connectivity index (χ3n) is 5.99. The number of aryl methyl sites for hydroxylation is 1. The molecule has 0 unspecified atom stereocenters. The molecule has 9 heteroatoms. The quantitative estimate of drug-likeness (QED) is 0.213. The molecule has 2 aliphatic rings. The summed E-state index contributed by atoms with van der Waals surface area (Å²) in [6.07, 6.45) is 2.42. The third-order valence-corrected chi connectivity index (χ3v) is 6.79. The number of pyridine rings is 1. The highest BCUT2D eigenvalue weighted by molar-refractivity contribution is 6.67. The number of nitrogens with zero attached hydrogens (tertiary/aromatic N) is 1. The summed E-state index contributed by atoms with van der Waals surface area (Å²) in [7, 11) is 1.60. The highest BCUT2D eigenvalue weighted by atomic mass is 35.6. The van der Waals surface area contributed by atoms with E-state index < -0.39 is 3.79 Å². The van der Waals surface area contributed by atoms with Crippen molar-refractivity contribution in [3.8, 4) is 34.3 Å². The van der Waals surface area contributed by atoms with E-state index in [1.165, 1.54) is 5.56 Å². The van der Waals surface area contributed by atoms with Crippen LogP contribution >= 0.6 is 46.4 Å². The second kappa shape index (κ2) is 9.10. The van der Waals surface area contributed by atoms with Gasteiger partial charge >= 0.3 is 0 Å². The summed E-state index contributed by atoms with van der Waals surface area (Å²) in [5.74, 6) is 3.22. The fourth-order valence-corrected chi connectivity index (χ4v) is 5.29. The van der Waals surface area contributed by atoms with E-state index in [4.69, 9.17) is 65.4 Å². The average molecular weight is 530 g/mol. The van der Waals surface area contributed by atoms with Gasteiger partial charge in [0.1, 0.15) is 0 Å². The topological polar surface area (TPSA) is 40.8 Å². The molecule has 174 valence electrons. The molecule has 3 heterocycles. The number of unbranched alkanes of at least 4 members (excludes halogenated alkanes) is 1. The van der Waals surface area contributed by atoms with Crippen LogP contribution in [0.5, 0.6) is 23.0 Å². The first kappa shape index (κ1) is 23.0. The summed E-state index contributed by atoms with van der Waals surface area (Å²) in [5.41, 5.74) is 3.69. The van der Waals surface area contributed by atoms with Crippen LogP contribution in [0.3, 0.4) is 0 Å². The predicted octanol–water partition coefficient (Wildman–Crippen LogP) is 6.31. The maximum atomic E-state index is 6.60. The maximum Gasteiger partial charge on any atom is 0.275 e. The lowest BCUT2D eigenvalue weighted by Gasteiger charge is -2.23. The Hall–Kier alpha value is -1.79. The van der Waals surface area contributed by atoms with E-state index in [0.29, 0.717) is 36.2 Å². The predicted molar refractivity (Wildman–Crippen MR) is 131 cm³/mol. The molecule has 0 bridgehead atoms. The fourth-order valence-electron chi connectivity index (χ4n) is 4.51. The van der Waals surface area contributed by atoms with Gasteiger partial charge in [0.15, 0.2) is 29.5 Å². The van der Waals surface area contributed by atoms with E-state index in [2.05, 4.69) is 10.6 Å². The van der Waals surface area contributed by atoms with Gasteiger partial charge < -0.3 is 18.9 Å². The van der Waals surface area contributed by atoms with E-state index in [9.17, 15) is 0 Å². The van der Waals surface area contributed by atoms with Crippen molar-refractivity contribution < 1.29 is 23.5 Å². The molecule has 0 fully saturated rings. The normalized spacial score (nSPS) is 14.2. The van der Waals surface area contributed by atoms with Crippen LogP contribution in [0, 0.1) is 0 Å². The number of ether oxygens (including phenoxy) is 4. The number of hydrogen-bond acceptors (Lipinski definition) is 4. The number of alkyl halides is 4. The minimum atomic E-state index is -1.69. The minimum absolute atomic E-state index is 0.222. The summed E-state index contributed by atoms with van der Waals surface area (Å²) < 4.78 is 23.4. The molecule has 0 aliphatic carbocycles. The lowest BCUT2D eigenvalue weighted by atomic mass is 9.94. The Balaban J connectivity index is 1.75. The molecule has 5 nitrogen and oxygen atoms in total. The van der Waals surface area contributed by atoms with Crippen molar-refractivity contribution in [3.63, 3.8) is 0 Å². The smallest absolute Gasteiger partial charge is 0.275 e. The Morgan fingerprint density at radius 2 is 1.85 bits per heavy atom. The van der Waals surface area contributed by atoms with Crippen molar-refractivity contribution in [2.24, 2.45) is 0 Å². The molecule has 5 rings (SSSR count). The SMILES string of the molecule is COc1ccc2cc3[n+](c(C(Cl)(Cl)Cl)c2c1OCCCCCl)CCc1cc2c(cc1-3)OCO2. The summed E-state index contributed by atoms with van der Waals surface area (Å²) in [5, 5.41) is 1.62. The second-order valence-corrected chi connectivity index (χ2v) is 10.6. The third kappa shape index (κ3) is 4.14. The molecule has 0 amide bonds. The van der Waals surface area contributed by atoms with Gasteiger partial charge in [-0.05, 0) is 48.1 Å². The van der Waals surface area contributed by atoms with Gasteiger partial charge in [-0.15, -0.1) is 11.6 Å². The zero-order valence-electron chi connectivity index (χ0n) is 17.9. The molecule has 3 aromatic rings. The van der Waals surface area contributed by atoms with Gasteiger partial charge in [-0.1, -0.05) is 34.8 Å². The van der Waals surface area contributed by atoms with Crippen LogP contribution in [-0.2, 0) is 16.8 Å². The van der Waals surface area contributed by atoms with Crippen LogP contribution in [0.25, 0.3) is 22.0 Å². The number of halogens is 4. The fraction of sp³-hybridized carbons (Fsp3) is 0.375. The van der Waals surface area contributed by atoms with Gasteiger partial charge in [-0.25, -0.2) is 0 Å². The van der Waals surface area contributed by atoms with Crippen LogP contribution in [0.4, 0.5) is 0 Å². The Bertz CT molecular complexity index is 1230. The van der Waals surface area contributed by atoms with Crippen LogP contribution in [0.15, 0.2) is 30.3 Å². The van der Waals surface area contributed by atoms with E-state index >= 15 is 0 Å². The van der Waals surface area contributed by atoms with Gasteiger partial charge in [0.05, 0.1) is 24.7 Å². The molecule has 2 aliphatic heterocycles. The standard InChI is InChI=1S/C24H22Cl4NO4/c1-30-18-5-4-15-10-17-16-12-20-19(32-13-33-20)11-14(16)6-8-29(17)23(24(26,27)28)21(15)22(18)31-9-3-2-7-25/h4-5,10-12H,2-3,6-9,13H2,1H3/q+1.